The zero-order valence-corrected chi connectivity index (χ0v) is 11.6. The largest absolute Gasteiger partial charge is 0.397 e. The van der Waals surface area contributed by atoms with Gasteiger partial charge in [-0.3, -0.25) is 4.79 Å². The van der Waals surface area contributed by atoms with Crippen molar-refractivity contribution in [3.8, 4) is 0 Å². The average molecular weight is 273 g/mol. The van der Waals surface area contributed by atoms with Gasteiger partial charge >= 0.3 is 0 Å². The van der Waals surface area contributed by atoms with Crippen molar-refractivity contribution in [1.29, 1.82) is 0 Å². The minimum absolute atomic E-state index is 0.303. The molecular formula is C14H15N3OS. The first-order valence-corrected chi connectivity index (χ1v) is 6.59. The number of carbonyl (C=O) groups excluding carboxylic acids is 1. The van der Waals surface area contributed by atoms with Gasteiger partial charge in [0, 0.05) is 4.90 Å². The third kappa shape index (κ3) is 3.06. The number of hydrogen-bond acceptors (Lipinski definition) is 4. The Hall–Kier alpha value is -2.01. The van der Waals surface area contributed by atoms with Gasteiger partial charge in [-0.25, -0.2) is 4.98 Å². The maximum Gasteiger partial charge on any atom is 0.250 e. The highest BCUT2D eigenvalue weighted by Crippen LogP contribution is 2.29. The fourth-order valence-corrected chi connectivity index (χ4v) is 2.51. The van der Waals surface area contributed by atoms with Crippen LogP contribution < -0.4 is 11.5 Å². The zero-order valence-electron chi connectivity index (χ0n) is 10.8. The van der Waals surface area contributed by atoms with Gasteiger partial charge in [0.25, 0.3) is 5.91 Å². The van der Waals surface area contributed by atoms with Crippen molar-refractivity contribution >= 4 is 23.4 Å². The number of amides is 1. The number of primary amides is 1. The summed E-state index contributed by atoms with van der Waals surface area (Å²) in [6.07, 6.45) is 1.46. The monoisotopic (exact) mass is 273 g/mol. The number of nitrogens with zero attached hydrogens (tertiary/aromatic N) is 1. The predicted octanol–water partition coefficient (Wildman–Crippen LogP) is 2.53. The van der Waals surface area contributed by atoms with Crippen LogP contribution in [0.1, 0.15) is 21.5 Å². The third-order valence-electron chi connectivity index (χ3n) is 2.88. The van der Waals surface area contributed by atoms with Crippen molar-refractivity contribution in [1.82, 2.24) is 4.98 Å². The van der Waals surface area contributed by atoms with Crippen LogP contribution in [0.25, 0.3) is 0 Å². The molecule has 1 aromatic carbocycles. The van der Waals surface area contributed by atoms with Crippen LogP contribution in [-0.4, -0.2) is 10.9 Å². The van der Waals surface area contributed by atoms with E-state index in [0.717, 1.165) is 4.90 Å². The zero-order chi connectivity index (χ0) is 14.0. The lowest BCUT2D eigenvalue weighted by atomic mass is 10.1. The van der Waals surface area contributed by atoms with Gasteiger partial charge in [0.1, 0.15) is 5.03 Å². The molecule has 0 spiro atoms. The van der Waals surface area contributed by atoms with Gasteiger partial charge in [-0.1, -0.05) is 17.8 Å². The van der Waals surface area contributed by atoms with Crippen molar-refractivity contribution in [2.24, 2.45) is 5.73 Å². The average Bonchev–Trinajstić information content (AvgIpc) is 2.36. The molecule has 0 radical (unpaired) electrons. The van der Waals surface area contributed by atoms with E-state index >= 15 is 0 Å². The molecule has 5 heteroatoms. The Balaban J connectivity index is 2.30. The van der Waals surface area contributed by atoms with Gasteiger partial charge in [0.2, 0.25) is 0 Å². The summed E-state index contributed by atoms with van der Waals surface area (Å²) in [5.74, 6) is -0.540. The van der Waals surface area contributed by atoms with Gasteiger partial charge in [0.15, 0.2) is 0 Å². The normalized spacial score (nSPS) is 10.4. The van der Waals surface area contributed by atoms with Crippen molar-refractivity contribution in [2.75, 3.05) is 5.73 Å². The number of carbonyl (C=O) groups is 1. The fraction of sp³-hybridized carbons (Fsp3) is 0.143. The van der Waals surface area contributed by atoms with Crippen LogP contribution in [0.4, 0.5) is 5.69 Å². The Bertz CT molecular complexity index is 641. The van der Waals surface area contributed by atoms with Crippen molar-refractivity contribution in [2.45, 2.75) is 23.8 Å². The Morgan fingerprint density at radius 3 is 2.58 bits per heavy atom. The van der Waals surface area contributed by atoms with Gasteiger partial charge < -0.3 is 11.5 Å². The van der Waals surface area contributed by atoms with Crippen molar-refractivity contribution < 1.29 is 4.79 Å². The molecule has 0 aliphatic rings. The van der Waals surface area contributed by atoms with Crippen LogP contribution in [0, 0.1) is 13.8 Å². The lowest BCUT2D eigenvalue weighted by molar-refractivity contribution is 0.100. The van der Waals surface area contributed by atoms with E-state index in [9.17, 15) is 4.79 Å². The van der Waals surface area contributed by atoms with E-state index in [1.165, 1.54) is 29.1 Å². The first-order valence-electron chi connectivity index (χ1n) is 5.78. The quantitative estimate of drug-likeness (QED) is 0.900. The number of aryl methyl sites for hydroxylation is 2. The van der Waals surface area contributed by atoms with E-state index in [-0.39, 0.29) is 0 Å². The summed E-state index contributed by atoms with van der Waals surface area (Å²) in [5, 5.41) is 0.700. The molecule has 2 rings (SSSR count). The van der Waals surface area contributed by atoms with Crippen LogP contribution in [0.5, 0.6) is 0 Å². The molecule has 1 amide bonds. The van der Waals surface area contributed by atoms with Gasteiger partial charge in [-0.15, -0.1) is 0 Å². The Labute approximate surface area is 116 Å². The second-order valence-corrected chi connectivity index (χ2v) is 5.42. The van der Waals surface area contributed by atoms with E-state index < -0.39 is 5.91 Å². The summed E-state index contributed by atoms with van der Waals surface area (Å²) in [5.41, 5.74) is 14.0. The minimum atomic E-state index is -0.540. The van der Waals surface area contributed by atoms with Crippen LogP contribution in [0.3, 0.4) is 0 Å². The number of anilines is 1. The summed E-state index contributed by atoms with van der Waals surface area (Å²) in [4.78, 5) is 16.5. The van der Waals surface area contributed by atoms with E-state index in [1.807, 2.05) is 6.07 Å². The molecule has 1 aromatic heterocycles. The molecule has 0 unspecified atom stereocenters. The Morgan fingerprint density at radius 1 is 1.21 bits per heavy atom. The number of aromatic nitrogens is 1. The van der Waals surface area contributed by atoms with Crippen molar-refractivity contribution in [3.05, 3.63) is 47.2 Å². The first kappa shape index (κ1) is 13.4. The summed E-state index contributed by atoms with van der Waals surface area (Å²) < 4.78 is 0. The van der Waals surface area contributed by atoms with Gasteiger partial charge in [-0.05, 0) is 43.2 Å². The molecule has 4 nitrogen and oxygen atoms in total. The van der Waals surface area contributed by atoms with Crippen LogP contribution in [0.15, 0.2) is 40.4 Å². The molecule has 0 atom stereocenters. The molecule has 0 bridgehead atoms. The number of nitrogen functional groups attached to an aromatic ring is 1. The predicted molar refractivity (Wildman–Crippen MR) is 77.2 cm³/mol. The van der Waals surface area contributed by atoms with Gasteiger partial charge in [0.05, 0.1) is 17.4 Å². The summed E-state index contributed by atoms with van der Waals surface area (Å²) in [6.45, 7) is 4.13. The van der Waals surface area contributed by atoms with Crippen LogP contribution in [-0.2, 0) is 0 Å². The molecule has 1 heterocycles. The van der Waals surface area contributed by atoms with E-state index in [4.69, 9.17) is 11.5 Å². The molecule has 0 saturated carbocycles. The van der Waals surface area contributed by atoms with E-state index in [2.05, 4.69) is 31.0 Å². The fourth-order valence-electron chi connectivity index (χ4n) is 1.61. The Morgan fingerprint density at radius 2 is 1.95 bits per heavy atom. The second kappa shape index (κ2) is 5.32. The van der Waals surface area contributed by atoms with E-state index in [0.29, 0.717) is 16.3 Å². The lowest BCUT2D eigenvalue weighted by Crippen LogP contribution is -2.13. The first-order chi connectivity index (χ1) is 8.97. The molecule has 0 aliphatic carbocycles. The molecule has 19 heavy (non-hydrogen) atoms. The summed E-state index contributed by atoms with van der Waals surface area (Å²) in [6, 6.07) is 7.79. The molecule has 2 aromatic rings. The number of pyridine rings is 1. The molecule has 0 aliphatic heterocycles. The highest BCUT2D eigenvalue weighted by molar-refractivity contribution is 7.99. The van der Waals surface area contributed by atoms with E-state index in [1.54, 1.807) is 6.07 Å². The smallest absolute Gasteiger partial charge is 0.250 e. The number of rotatable bonds is 3. The third-order valence-corrected chi connectivity index (χ3v) is 3.80. The number of nitrogens with two attached hydrogens (primary N) is 2. The molecule has 0 saturated heterocycles. The standard InChI is InChI=1S/C14H15N3OS/c1-8-3-4-10(5-9(8)2)19-13-6-11(14(16)18)12(15)7-17-13/h3-7H,15H2,1-2H3,(H2,16,18). The topological polar surface area (TPSA) is 82.0 Å². The SMILES string of the molecule is Cc1ccc(Sc2cc(C(N)=O)c(N)cn2)cc1C. The maximum atomic E-state index is 11.2. The second-order valence-electron chi connectivity index (χ2n) is 4.32. The molecule has 98 valence electrons. The van der Waals surface area contributed by atoms with Crippen molar-refractivity contribution in [3.63, 3.8) is 0 Å². The molecular weight excluding hydrogens is 258 g/mol. The highest BCUT2D eigenvalue weighted by atomic mass is 32.2. The maximum absolute atomic E-state index is 11.2. The van der Waals surface area contributed by atoms with Gasteiger partial charge in [-0.2, -0.15) is 0 Å². The Kier molecular flexibility index (Phi) is 3.76. The summed E-state index contributed by atoms with van der Waals surface area (Å²) in [7, 11) is 0. The number of benzene rings is 1. The molecule has 0 fully saturated rings. The number of hydrogen-bond donors (Lipinski definition) is 2. The van der Waals surface area contributed by atoms with Crippen LogP contribution in [0.2, 0.25) is 0 Å². The lowest BCUT2D eigenvalue weighted by Gasteiger charge is -2.06. The molecule has 4 N–H and O–H groups in total. The highest BCUT2D eigenvalue weighted by Gasteiger charge is 2.09. The van der Waals surface area contributed by atoms with Crippen LogP contribution >= 0.6 is 11.8 Å². The minimum Gasteiger partial charge on any atom is -0.397 e. The summed E-state index contributed by atoms with van der Waals surface area (Å²) >= 11 is 1.48.